The molecule has 0 aliphatic carbocycles. The van der Waals surface area contributed by atoms with Crippen molar-refractivity contribution in [3.63, 3.8) is 0 Å². The third-order valence-corrected chi connectivity index (χ3v) is 0. The molecule has 0 aromatic rings. The van der Waals surface area contributed by atoms with E-state index in [-0.39, 0.29) is 80.9 Å². The third-order valence-electron chi connectivity index (χ3n) is 0. The van der Waals surface area contributed by atoms with Crippen LogP contribution in [0.3, 0.4) is 0 Å². The first-order valence-electron chi connectivity index (χ1n) is 0.589. The Bertz CT molecular complexity index is 39.9. The van der Waals surface area contributed by atoms with Gasteiger partial charge in [-0.3, -0.25) is 0 Å². The van der Waals surface area contributed by atoms with Crippen LogP contribution in [0, 0.1) is 21.9 Å². The molecule has 0 saturated carbocycles. The molecule has 0 aromatic carbocycles. The average molecular weight is 134 g/mol. The van der Waals surface area contributed by atoms with Crippen LogP contribution in [0.15, 0.2) is 5.34 Å². The zero-order valence-electron chi connectivity index (χ0n) is 4.21. The molecule has 0 atom stereocenters. The largest absolute Gasteiger partial charge is 1.00 e. The van der Waals surface area contributed by atoms with E-state index in [1.54, 1.807) is 0 Å². The van der Waals surface area contributed by atoms with Gasteiger partial charge in [-0.15, -0.1) is 5.34 Å². The second-order valence-corrected chi connectivity index (χ2v) is 0.0745. The van der Waals surface area contributed by atoms with Gasteiger partial charge in [-0.2, -0.15) is 0 Å². The first kappa shape index (κ1) is 23.6. The molecule has 4 nitrogen and oxygen atoms in total. The maximum absolute atomic E-state index is 8.00. The van der Waals surface area contributed by atoms with Crippen LogP contribution in [0.4, 0.5) is 0 Å². The predicted molar refractivity (Wildman–Crippen MR) is 14.1 cm³/mol. The Hall–Kier alpha value is 1.53. The van der Waals surface area contributed by atoms with Gasteiger partial charge >= 0.3 is 80.9 Å². The summed E-state index contributed by atoms with van der Waals surface area (Å²) in [6.07, 6.45) is 0. The van der Waals surface area contributed by atoms with Crippen molar-refractivity contribution >= 4 is 0 Å². The number of rotatable bonds is 0. The van der Waals surface area contributed by atoms with Crippen molar-refractivity contribution in [1.82, 2.24) is 0 Å². The van der Waals surface area contributed by atoms with E-state index in [1.165, 1.54) is 0 Å². The minimum absolute atomic E-state index is 0. The molecular formula is CKN2NaO2. The fraction of sp³-hybridized carbons (Fsp3) is 0. The minimum Gasteiger partial charge on any atom is -0.512 e. The minimum atomic E-state index is 0. The van der Waals surface area contributed by atoms with E-state index < -0.39 is 0 Å². The Labute approximate surface area is 106 Å². The summed E-state index contributed by atoms with van der Waals surface area (Å²) in [5.41, 5.74) is 0. The summed E-state index contributed by atoms with van der Waals surface area (Å²) in [7, 11) is 0. The van der Waals surface area contributed by atoms with Crippen molar-refractivity contribution in [3.8, 4) is 0 Å². The van der Waals surface area contributed by atoms with Gasteiger partial charge in [0.2, 0.25) is 0 Å². The van der Waals surface area contributed by atoms with Gasteiger partial charge in [0.05, 0.1) is 0 Å². The van der Waals surface area contributed by atoms with Gasteiger partial charge in [-0.25, -0.2) is 0 Å². The van der Waals surface area contributed by atoms with Crippen molar-refractivity contribution in [1.29, 1.82) is 5.26 Å². The molecule has 0 heterocycles. The van der Waals surface area contributed by atoms with Gasteiger partial charge < -0.3 is 21.9 Å². The van der Waals surface area contributed by atoms with Gasteiger partial charge in [0.1, 0.15) is 0 Å². The van der Waals surface area contributed by atoms with Crippen LogP contribution < -0.4 is 80.9 Å². The average Bonchev–Trinajstić information content (AvgIpc) is 1.46. The quantitative estimate of drug-likeness (QED) is 0.143. The molecule has 7 heavy (non-hydrogen) atoms. The Morgan fingerprint density at radius 1 is 1.57 bits per heavy atom. The number of nitrogens with zero attached hydrogens (tertiary/aromatic N) is 2. The molecular weight excluding hydrogens is 134 g/mol. The van der Waals surface area contributed by atoms with Gasteiger partial charge in [0, 0.05) is 0 Å². The first-order valence-corrected chi connectivity index (χ1v) is 0.589. The zero-order valence-corrected chi connectivity index (χ0v) is 9.33. The Morgan fingerprint density at radius 3 is 1.57 bits per heavy atom. The van der Waals surface area contributed by atoms with Gasteiger partial charge in [-0.1, -0.05) is 0 Å². The van der Waals surface area contributed by atoms with Gasteiger partial charge in [0.25, 0.3) is 0 Å². The summed E-state index contributed by atoms with van der Waals surface area (Å²) in [4.78, 5) is 8.00. The molecule has 0 bridgehead atoms. The fourth-order valence-corrected chi connectivity index (χ4v) is 0. The summed E-state index contributed by atoms with van der Waals surface area (Å²) in [5.74, 6) is 0. The molecule has 0 spiro atoms. The number of hydrogen-bond donors (Lipinski definition) is 0. The summed E-state index contributed by atoms with van der Waals surface area (Å²) in [6, 6.07) is 0. The van der Waals surface area contributed by atoms with Crippen LogP contribution >= 0.6 is 0 Å². The van der Waals surface area contributed by atoms with Crippen LogP contribution in [-0.4, -0.2) is 0 Å². The Kier molecular flexibility index (Phi) is 169. The van der Waals surface area contributed by atoms with Crippen LogP contribution in [0.25, 0.3) is 0 Å². The van der Waals surface area contributed by atoms with E-state index in [9.17, 15) is 0 Å². The van der Waals surface area contributed by atoms with Gasteiger partial charge in [-0.05, 0) is 0 Å². The predicted octanol–water partition coefficient (Wildman–Crippen LogP) is -5.65. The first-order chi connectivity index (χ1) is 2.41. The summed E-state index contributed by atoms with van der Waals surface area (Å²) in [6.45, 7) is 4.75. The molecule has 0 aliphatic heterocycles. The molecule has 6 heteroatoms. The smallest absolute Gasteiger partial charge is 0.512 e. The standard InChI is InChI=1S/CN.K.HNO2.Na/c1-2;;2-1-3;/h;;(H,2,3);/q-1;+1;;+1/p-1. The van der Waals surface area contributed by atoms with Crippen molar-refractivity contribution < 1.29 is 80.9 Å². The van der Waals surface area contributed by atoms with E-state index >= 15 is 0 Å². The third kappa shape index (κ3) is 98.7. The Balaban J connectivity index is -0.0000000105. The second-order valence-electron chi connectivity index (χ2n) is 0.0745. The zero-order chi connectivity index (χ0) is 4.71. The van der Waals surface area contributed by atoms with Crippen molar-refractivity contribution in [2.45, 2.75) is 0 Å². The monoisotopic (exact) mass is 134 g/mol. The maximum Gasteiger partial charge on any atom is 1.00 e. The van der Waals surface area contributed by atoms with Crippen LogP contribution in [0.5, 0.6) is 0 Å². The van der Waals surface area contributed by atoms with Crippen LogP contribution in [0.1, 0.15) is 0 Å². The molecule has 0 saturated heterocycles. The van der Waals surface area contributed by atoms with E-state index in [1.807, 2.05) is 0 Å². The summed E-state index contributed by atoms with van der Waals surface area (Å²) >= 11 is 0. The van der Waals surface area contributed by atoms with Crippen LogP contribution in [-0.2, 0) is 0 Å². The van der Waals surface area contributed by atoms with Crippen LogP contribution in [0.2, 0.25) is 0 Å². The SMILES string of the molecule is O=N[O-].[C-]#N.[K+].[Na+]. The number of hydrogen-bond acceptors (Lipinski definition) is 4. The topological polar surface area (TPSA) is 76.3 Å². The second kappa shape index (κ2) is 50.2. The van der Waals surface area contributed by atoms with Crippen molar-refractivity contribution in [2.24, 2.45) is 5.34 Å². The van der Waals surface area contributed by atoms with Crippen molar-refractivity contribution in [3.05, 3.63) is 16.7 Å². The molecule has 28 valence electrons. The Morgan fingerprint density at radius 2 is 1.57 bits per heavy atom. The summed E-state index contributed by atoms with van der Waals surface area (Å²) in [5, 5.41) is 15.2. The fourth-order valence-electron chi connectivity index (χ4n) is 0. The molecule has 0 unspecified atom stereocenters. The normalized spacial score (nSPS) is 2.00. The summed E-state index contributed by atoms with van der Waals surface area (Å²) < 4.78 is 0. The van der Waals surface area contributed by atoms with Crippen molar-refractivity contribution in [2.75, 3.05) is 0 Å². The van der Waals surface area contributed by atoms with E-state index in [0.29, 0.717) is 0 Å². The maximum atomic E-state index is 8.00. The molecule has 0 aliphatic rings. The van der Waals surface area contributed by atoms with Gasteiger partial charge in [0.15, 0.2) is 0 Å². The molecule has 0 aromatic heterocycles. The van der Waals surface area contributed by atoms with E-state index in [0.717, 1.165) is 5.34 Å². The molecule has 0 N–H and O–H groups in total. The molecule has 0 amide bonds. The molecule has 0 rings (SSSR count). The molecule has 0 fully saturated rings. The molecule has 0 radical (unpaired) electrons. The van der Waals surface area contributed by atoms with E-state index in [2.05, 4.69) is 0 Å². The van der Waals surface area contributed by atoms with E-state index in [4.69, 9.17) is 21.9 Å².